The lowest BCUT2D eigenvalue weighted by Gasteiger charge is -2.16. The van der Waals surface area contributed by atoms with Gasteiger partial charge in [-0.2, -0.15) is 5.10 Å². The predicted octanol–water partition coefficient (Wildman–Crippen LogP) is 2.08. The summed E-state index contributed by atoms with van der Waals surface area (Å²) >= 11 is 0. The molecule has 0 bridgehead atoms. The third-order valence-corrected chi connectivity index (χ3v) is 2.66. The van der Waals surface area contributed by atoms with Crippen LogP contribution in [0.25, 0.3) is 0 Å². The molecule has 0 radical (unpaired) electrons. The third-order valence-electron chi connectivity index (χ3n) is 2.66. The van der Waals surface area contributed by atoms with Crippen LogP contribution < -0.4 is 5.43 Å². The molecule has 1 aliphatic carbocycles. The van der Waals surface area contributed by atoms with Crippen molar-refractivity contribution in [1.29, 1.82) is 0 Å². The van der Waals surface area contributed by atoms with Gasteiger partial charge in [0.2, 0.25) is 0 Å². The molecule has 66 valence electrons. The monoisotopic (exact) mass is 164 g/mol. The molecule has 1 unspecified atom stereocenters. The maximum atomic E-state index is 4.27. The molecule has 1 aliphatic heterocycles. The number of hydrogen-bond acceptors (Lipinski definition) is 2. The molecule has 1 heterocycles. The van der Waals surface area contributed by atoms with E-state index in [1.165, 1.54) is 37.8 Å². The first-order chi connectivity index (χ1) is 5.95. The second-order valence-electron chi connectivity index (χ2n) is 3.69. The third kappa shape index (κ3) is 1.87. The largest absolute Gasteiger partial charge is 0.310 e. The van der Waals surface area contributed by atoms with Crippen molar-refractivity contribution in [2.24, 2.45) is 11.0 Å². The van der Waals surface area contributed by atoms with Crippen LogP contribution >= 0.6 is 0 Å². The van der Waals surface area contributed by atoms with Crippen molar-refractivity contribution in [2.75, 3.05) is 6.54 Å². The minimum Gasteiger partial charge on any atom is -0.310 e. The maximum absolute atomic E-state index is 4.27. The van der Waals surface area contributed by atoms with Gasteiger partial charge in [0.05, 0.1) is 0 Å². The molecule has 12 heavy (non-hydrogen) atoms. The van der Waals surface area contributed by atoms with Gasteiger partial charge in [-0.25, -0.2) is 0 Å². The molecular formula is C10H16N2. The standard InChI is InChI=1S/C10H16N2/c1-2-4-9(5-3-1)8-10-6-7-11-12-10/h1-2,9,11H,3-8H2. The Labute approximate surface area is 73.7 Å². The van der Waals surface area contributed by atoms with Crippen molar-refractivity contribution in [3.63, 3.8) is 0 Å². The molecule has 0 saturated heterocycles. The van der Waals surface area contributed by atoms with Crippen LogP contribution in [0.5, 0.6) is 0 Å². The lowest BCUT2D eigenvalue weighted by Crippen LogP contribution is -2.08. The highest BCUT2D eigenvalue weighted by Crippen LogP contribution is 2.22. The van der Waals surface area contributed by atoms with Gasteiger partial charge in [-0.05, 0) is 31.6 Å². The quantitative estimate of drug-likeness (QED) is 0.621. The highest BCUT2D eigenvalue weighted by atomic mass is 15.3. The number of rotatable bonds is 2. The summed E-state index contributed by atoms with van der Waals surface area (Å²) in [6.07, 6.45) is 10.9. The fourth-order valence-corrected chi connectivity index (χ4v) is 1.95. The van der Waals surface area contributed by atoms with Crippen LogP contribution in [0.4, 0.5) is 0 Å². The molecule has 0 spiro atoms. The fourth-order valence-electron chi connectivity index (χ4n) is 1.95. The maximum Gasteiger partial charge on any atom is 0.0399 e. The van der Waals surface area contributed by atoms with Crippen LogP contribution in [0, 0.1) is 5.92 Å². The van der Waals surface area contributed by atoms with Gasteiger partial charge < -0.3 is 5.43 Å². The summed E-state index contributed by atoms with van der Waals surface area (Å²) in [4.78, 5) is 0. The molecular weight excluding hydrogens is 148 g/mol. The van der Waals surface area contributed by atoms with Crippen LogP contribution in [-0.4, -0.2) is 12.3 Å². The molecule has 1 atom stereocenters. The number of nitrogens with one attached hydrogen (secondary N) is 1. The van der Waals surface area contributed by atoms with E-state index < -0.39 is 0 Å². The Bertz CT molecular complexity index is 206. The van der Waals surface area contributed by atoms with E-state index >= 15 is 0 Å². The Morgan fingerprint density at radius 1 is 1.50 bits per heavy atom. The summed E-state index contributed by atoms with van der Waals surface area (Å²) in [7, 11) is 0. The molecule has 0 amide bonds. The second kappa shape index (κ2) is 3.74. The molecule has 0 aromatic carbocycles. The summed E-state index contributed by atoms with van der Waals surface area (Å²) < 4.78 is 0. The van der Waals surface area contributed by atoms with E-state index in [9.17, 15) is 0 Å². The molecule has 1 N–H and O–H groups in total. The average Bonchev–Trinajstić information content (AvgIpc) is 2.59. The fraction of sp³-hybridized carbons (Fsp3) is 0.700. The van der Waals surface area contributed by atoms with Crippen molar-refractivity contribution in [3.05, 3.63) is 12.2 Å². The lowest BCUT2D eigenvalue weighted by molar-refractivity contribution is 0.496. The van der Waals surface area contributed by atoms with E-state index in [0.717, 1.165) is 12.5 Å². The van der Waals surface area contributed by atoms with Crippen molar-refractivity contribution in [3.8, 4) is 0 Å². The first-order valence-electron chi connectivity index (χ1n) is 4.88. The summed E-state index contributed by atoms with van der Waals surface area (Å²) in [5.74, 6) is 0.869. The van der Waals surface area contributed by atoms with Gasteiger partial charge in [-0.3, -0.25) is 0 Å². The average molecular weight is 164 g/mol. The Kier molecular flexibility index (Phi) is 2.45. The molecule has 0 fully saturated rings. The minimum absolute atomic E-state index is 0.869. The van der Waals surface area contributed by atoms with Crippen LogP contribution in [0.3, 0.4) is 0 Å². The Hall–Kier alpha value is -0.790. The zero-order chi connectivity index (χ0) is 8.23. The summed E-state index contributed by atoms with van der Waals surface area (Å²) in [5, 5.41) is 4.27. The summed E-state index contributed by atoms with van der Waals surface area (Å²) in [5.41, 5.74) is 4.42. The van der Waals surface area contributed by atoms with Gasteiger partial charge in [0.25, 0.3) is 0 Å². The van der Waals surface area contributed by atoms with Gasteiger partial charge in [0.15, 0.2) is 0 Å². The van der Waals surface area contributed by atoms with Crippen LogP contribution in [0.1, 0.15) is 32.1 Å². The van der Waals surface area contributed by atoms with Crippen molar-refractivity contribution in [1.82, 2.24) is 5.43 Å². The van der Waals surface area contributed by atoms with Crippen LogP contribution in [-0.2, 0) is 0 Å². The first kappa shape index (κ1) is 7.84. The van der Waals surface area contributed by atoms with E-state index in [1.807, 2.05) is 0 Å². The molecule has 0 saturated carbocycles. The van der Waals surface area contributed by atoms with Crippen molar-refractivity contribution >= 4 is 5.71 Å². The highest BCUT2D eigenvalue weighted by molar-refractivity contribution is 5.85. The number of hydrazone groups is 1. The molecule has 2 rings (SSSR count). The molecule has 0 aromatic rings. The summed E-state index contributed by atoms with van der Waals surface area (Å²) in [6, 6.07) is 0. The zero-order valence-corrected chi connectivity index (χ0v) is 7.42. The van der Waals surface area contributed by atoms with E-state index in [2.05, 4.69) is 22.7 Å². The summed E-state index contributed by atoms with van der Waals surface area (Å²) in [6.45, 7) is 1.05. The topological polar surface area (TPSA) is 24.4 Å². The lowest BCUT2D eigenvalue weighted by atomic mass is 9.89. The van der Waals surface area contributed by atoms with Gasteiger partial charge in [0.1, 0.15) is 0 Å². The number of allylic oxidation sites excluding steroid dienone is 2. The van der Waals surface area contributed by atoms with E-state index in [4.69, 9.17) is 0 Å². The zero-order valence-electron chi connectivity index (χ0n) is 7.42. The van der Waals surface area contributed by atoms with Crippen LogP contribution in [0.15, 0.2) is 17.3 Å². The van der Waals surface area contributed by atoms with Gasteiger partial charge in [-0.1, -0.05) is 12.2 Å². The Morgan fingerprint density at radius 3 is 3.17 bits per heavy atom. The Balaban J connectivity index is 1.81. The number of nitrogens with zero attached hydrogens (tertiary/aromatic N) is 1. The van der Waals surface area contributed by atoms with Gasteiger partial charge in [-0.15, -0.1) is 0 Å². The number of hydrogen-bond donors (Lipinski definition) is 1. The minimum atomic E-state index is 0.869. The Morgan fingerprint density at radius 2 is 2.50 bits per heavy atom. The molecule has 2 heteroatoms. The molecule has 2 aliphatic rings. The van der Waals surface area contributed by atoms with Crippen molar-refractivity contribution in [2.45, 2.75) is 32.1 Å². The predicted molar refractivity (Wildman–Crippen MR) is 51.2 cm³/mol. The van der Waals surface area contributed by atoms with E-state index in [0.29, 0.717) is 0 Å². The smallest absolute Gasteiger partial charge is 0.0399 e. The normalized spacial score (nSPS) is 28.3. The van der Waals surface area contributed by atoms with Gasteiger partial charge >= 0.3 is 0 Å². The first-order valence-corrected chi connectivity index (χ1v) is 4.88. The second-order valence-corrected chi connectivity index (χ2v) is 3.69. The highest BCUT2D eigenvalue weighted by Gasteiger charge is 2.14. The molecule has 2 nitrogen and oxygen atoms in total. The van der Waals surface area contributed by atoms with Gasteiger partial charge in [0, 0.05) is 18.7 Å². The SMILES string of the molecule is C1=CCC(CC2=NNCC2)CC1. The van der Waals surface area contributed by atoms with E-state index in [1.54, 1.807) is 0 Å². The van der Waals surface area contributed by atoms with E-state index in [-0.39, 0.29) is 0 Å². The van der Waals surface area contributed by atoms with Crippen molar-refractivity contribution < 1.29 is 0 Å². The van der Waals surface area contributed by atoms with Crippen LogP contribution in [0.2, 0.25) is 0 Å². The molecule has 0 aromatic heterocycles.